The number of aromatic nitrogens is 4. The summed E-state index contributed by atoms with van der Waals surface area (Å²) < 4.78 is 7.51. The highest BCUT2D eigenvalue weighted by molar-refractivity contribution is 5.30. The summed E-state index contributed by atoms with van der Waals surface area (Å²) in [4.78, 5) is 8.67. The van der Waals surface area contributed by atoms with Gasteiger partial charge in [0.2, 0.25) is 0 Å². The van der Waals surface area contributed by atoms with Crippen molar-refractivity contribution in [3.63, 3.8) is 0 Å². The zero-order chi connectivity index (χ0) is 14.5. The Morgan fingerprint density at radius 2 is 2.20 bits per heavy atom. The van der Waals surface area contributed by atoms with Crippen LogP contribution in [0.1, 0.15) is 30.6 Å². The molecular weight excluding hydrogens is 254 g/mol. The number of ether oxygens (including phenoxy) is 1. The highest BCUT2D eigenvalue weighted by Gasteiger charge is 2.11. The van der Waals surface area contributed by atoms with Gasteiger partial charge in [-0.05, 0) is 25.5 Å². The number of nitrogens with two attached hydrogens (primary N) is 1. The number of aryl methyl sites for hydroxylation is 2. The van der Waals surface area contributed by atoms with Gasteiger partial charge in [0.25, 0.3) is 0 Å². The van der Waals surface area contributed by atoms with Crippen LogP contribution in [0.3, 0.4) is 0 Å². The van der Waals surface area contributed by atoms with E-state index >= 15 is 0 Å². The lowest BCUT2D eigenvalue weighted by Gasteiger charge is -2.14. The molecule has 1 atom stereocenters. The van der Waals surface area contributed by atoms with Crippen molar-refractivity contribution in [3.05, 3.63) is 35.7 Å². The van der Waals surface area contributed by atoms with Crippen molar-refractivity contribution in [2.45, 2.75) is 39.3 Å². The van der Waals surface area contributed by atoms with E-state index in [0.29, 0.717) is 13.0 Å². The van der Waals surface area contributed by atoms with Gasteiger partial charge in [0, 0.05) is 25.2 Å². The molecule has 0 aliphatic heterocycles. The van der Waals surface area contributed by atoms with Crippen LogP contribution in [0.25, 0.3) is 0 Å². The van der Waals surface area contributed by atoms with Crippen LogP contribution in [-0.4, -0.2) is 25.8 Å². The fraction of sp³-hybridized carbons (Fsp3) is 0.500. The summed E-state index contributed by atoms with van der Waals surface area (Å²) >= 11 is 0. The molecule has 0 saturated heterocycles. The van der Waals surface area contributed by atoms with Crippen molar-refractivity contribution >= 4 is 0 Å². The molecule has 0 radical (unpaired) electrons. The van der Waals surface area contributed by atoms with Gasteiger partial charge in [-0.1, -0.05) is 6.92 Å². The molecule has 0 spiro atoms. The normalized spacial score (nSPS) is 12.4. The fourth-order valence-electron chi connectivity index (χ4n) is 1.86. The zero-order valence-electron chi connectivity index (χ0n) is 12.2. The summed E-state index contributed by atoms with van der Waals surface area (Å²) in [7, 11) is 1.84. The van der Waals surface area contributed by atoms with Gasteiger partial charge >= 0.3 is 0 Å². The monoisotopic (exact) mass is 275 g/mol. The molecule has 0 saturated carbocycles. The van der Waals surface area contributed by atoms with Gasteiger partial charge < -0.3 is 10.5 Å². The molecular formula is C14H21N5O. The summed E-state index contributed by atoms with van der Waals surface area (Å²) in [6.07, 6.45) is 3.14. The molecule has 0 aliphatic rings. The van der Waals surface area contributed by atoms with Crippen molar-refractivity contribution in [1.29, 1.82) is 0 Å². The molecule has 2 rings (SSSR count). The largest absolute Gasteiger partial charge is 0.484 e. The number of pyridine rings is 1. The summed E-state index contributed by atoms with van der Waals surface area (Å²) in [5, 5.41) is 4.02. The van der Waals surface area contributed by atoms with E-state index in [1.165, 1.54) is 6.33 Å². The Morgan fingerprint density at radius 3 is 2.85 bits per heavy atom. The SMILES string of the molecule is CCC(N)Cc1nc(C)ccc1OCc1ncnn1C. The minimum Gasteiger partial charge on any atom is -0.484 e. The third-order valence-corrected chi connectivity index (χ3v) is 3.21. The van der Waals surface area contributed by atoms with Gasteiger partial charge in [-0.2, -0.15) is 5.10 Å². The van der Waals surface area contributed by atoms with E-state index in [0.717, 1.165) is 29.4 Å². The first-order valence-corrected chi connectivity index (χ1v) is 6.78. The lowest BCUT2D eigenvalue weighted by atomic mass is 10.1. The van der Waals surface area contributed by atoms with Gasteiger partial charge in [0.15, 0.2) is 5.82 Å². The molecule has 0 amide bonds. The van der Waals surface area contributed by atoms with Gasteiger partial charge in [-0.3, -0.25) is 9.67 Å². The predicted molar refractivity (Wildman–Crippen MR) is 76.3 cm³/mol. The third-order valence-electron chi connectivity index (χ3n) is 3.21. The molecule has 2 heterocycles. The average molecular weight is 275 g/mol. The van der Waals surface area contributed by atoms with Gasteiger partial charge in [0.1, 0.15) is 18.7 Å². The minimum absolute atomic E-state index is 0.0986. The number of hydrogen-bond acceptors (Lipinski definition) is 5. The van der Waals surface area contributed by atoms with E-state index in [9.17, 15) is 0 Å². The van der Waals surface area contributed by atoms with E-state index in [-0.39, 0.29) is 6.04 Å². The Labute approximate surface area is 119 Å². The maximum atomic E-state index is 6.02. The first kappa shape index (κ1) is 14.5. The van der Waals surface area contributed by atoms with E-state index in [1.54, 1.807) is 4.68 Å². The minimum atomic E-state index is 0.0986. The van der Waals surface area contributed by atoms with E-state index in [2.05, 4.69) is 22.0 Å². The highest BCUT2D eigenvalue weighted by atomic mass is 16.5. The average Bonchev–Trinajstić information content (AvgIpc) is 2.83. The molecule has 20 heavy (non-hydrogen) atoms. The first-order chi connectivity index (χ1) is 9.60. The number of hydrogen-bond donors (Lipinski definition) is 1. The van der Waals surface area contributed by atoms with Crippen molar-refractivity contribution in [1.82, 2.24) is 19.7 Å². The molecule has 0 aliphatic carbocycles. The Bertz CT molecular complexity index is 566. The second-order valence-electron chi connectivity index (χ2n) is 4.86. The van der Waals surface area contributed by atoms with Crippen LogP contribution in [0, 0.1) is 6.92 Å². The maximum Gasteiger partial charge on any atom is 0.164 e. The van der Waals surface area contributed by atoms with Crippen LogP contribution < -0.4 is 10.5 Å². The van der Waals surface area contributed by atoms with Gasteiger partial charge in [0.05, 0.1) is 5.69 Å². The Hall–Kier alpha value is -1.95. The second kappa shape index (κ2) is 6.47. The van der Waals surface area contributed by atoms with Crippen molar-refractivity contribution in [2.75, 3.05) is 0 Å². The summed E-state index contributed by atoms with van der Waals surface area (Å²) in [5.74, 6) is 1.54. The van der Waals surface area contributed by atoms with Crippen LogP contribution in [0.5, 0.6) is 5.75 Å². The van der Waals surface area contributed by atoms with Crippen LogP contribution in [0.2, 0.25) is 0 Å². The molecule has 2 aromatic rings. The first-order valence-electron chi connectivity index (χ1n) is 6.78. The van der Waals surface area contributed by atoms with Crippen molar-refractivity contribution < 1.29 is 4.74 Å². The number of rotatable bonds is 6. The molecule has 2 aromatic heterocycles. The summed E-state index contributed by atoms with van der Waals surface area (Å²) in [6, 6.07) is 3.98. The Morgan fingerprint density at radius 1 is 1.40 bits per heavy atom. The van der Waals surface area contributed by atoms with Gasteiger partial charge in [-0.25, -0.2) is 4.98 Å². The third kappa shape index (κ3) is 3.54. The van der Waals surface area contributed by atoms with Crippen molar-refractivity contribution in [3.8, 4) is 5.75 Å². The molecule has 0 fully saturated rings. The standard InChI is InChI=1S/C14H21N5O/c1-4-11(15)7-12-13(6-5-10(2)18-12)20-8-14-16-9-17-19(14)3/h5-6,9,11H,4,7-8,15H2,1-3H3. The van der Waals surface area contributed by atoms with Crippen LogP contribution in [-0.2, 0) is 20.1 Å². The molecule has 0 bridgehead atoms. The molecule has 2 N–H and O–H groups in total. The molecule has 6 heteroatoms. The van der Waals surface area contributed by atoms with Crippen molar-refractivity contribution in [2.24, 2.45) is 12.8 Å². The maximum absolute atomic E-state index is 6.02. The molecule has 108 valence electrons. The Balaban J connectivity index is 2.12. The highest BCUT2D eigenvalue weighted by Crippen LogP contribution is 2.20. The number of nitrogens with zero attached hydrogens (tertiary/aromatic N) is 4. The Kier molecular flexibility index (Phi) is 4.68. The lowest BCUT2D eigenvalue weighted by Crippen LogP contribution is -2.22. The van der Waals surface area contributed by atoms with E-state index in [1.807, 2.05) is 26.1 Å². The molecule has 1 unspecified atom stereocenters. The topological polar surface area (TPSA) is 78.8 Å². The zero-order valence-corrected chi connectivity index (χ0v) is 12.2. The molecule has 6 nitrogen and oxygen atoms in total. The van der Waals surface area contributed by atoms with E-state index < -0.39 is 0 Å². The predicted octanol–water partition coefficient (Wildman–Crippen LogP) is 1.38. The summed E-state index contributed by atoms with van der Waals surface area (Å²) in [5.41, 5.74) is 7.89. The quantitative estimate of drug-likeness (QED) is 0.861. The lowest BCUT2D eigenvalue weighted by molar-refractivity contribution is 0.284. The van der Waals surface area contributed by atoms with E-state index in [4.69, 9.17) is 10.5 Å². The van der Waals surface area contributed by atoms with Crippen LogP contribution >= 0.6 is 0 Å². The molecule has 0 aromatic carbocycles. The van der Waals surface area contributed by atoms with Gasteiger partial charge in [-0.15, -0.1) is 0 Å². The second-order valence-corrected chi connectivity index (χ2v) is 4.86. The summed E-state index contributed by atoms with van der Waals surface area (Å²) in [6.45, 7) is 4.41. The fourth-order valence-corrected chi connectivity index (χ4v) is 1.86. The van der Waals surface area contributed by atoms with Crippen LogP contribution in [0.15, 0.2) is 18.5 Å². The smallest absolute Gasteiger partial charge is 0.164 e. The van der Waals surface area contributed by atoms with Crippen LogP contribution in [0.4, 0.5) is 0 Å².